The highest BCUT2D eigenvalue weighted by molar-refractivity contribution is 4.58. The lowest BCUT2D eigenvalue weighted by molar-refractivity contribution is 0.179. The van der Waals surface area contributed by atoms with Crippen molar-refractivity contribution in [2.24, 2.45) is 5.73 Å². The molecule has 0 saturated carbocycles. The molecule has 1 atom stereocenters. The fourth-order valence-electron chi connectivity index (χ4n) is 0.852. The van der Waals surface area contributed by atoms with E-state index in [1.165, 1.54) is 19.3 Å². The third-order valence-electron chi connectivity index (χ3n) is 1.61. The molecule has 3 heteroatoms. The van der Waals surface area contributed by atoms with Crippen molar-refractivity contribution in [3.8, 4) is 0 Å². The molecule has 0 aliphatic rings. The van der Waals surface area contributed by atoms with Gasteiger partial charge >= 0.3 is 0 Å². The number of rotatable bonds is 7. The summed E-state index contributed by atoms with van der Waals surface area (Å²) in [7, 11) is 0. The first-order chi connectivity index (χ1) is 5.31. The SMILES string of the molecule is CCCCCNCC(O)CN. The zero-order valence-corrected chi connectivity index (χ0v) is 7.34. The lowest BCUT2D eigenvalue weighted by Crippen LogP contribution is -2.33. The van der Waals surface area contributed by atoms with Gasteiger partial charge in [0.15, 0.2) is 0 Å². The fourth-order valence-corrected chi connectivity index (χ4v) is 0.852. The quantitative estimate of drug-likeness (QED) is 0.462. The zero-order chi connectivity index (χ0) is 8.53. The van der Waals surface area contributed by atoms with Crippen LogP contribution < -0.4 is 11.1 Å². The highest BCUT2D eigenvalue weighted by atomic mass is 16.3. The fraction of sp³-hybridized carbons (Fsp3) is 1.00. The molecule has 11 heavy (non-hydrogen) atoms. The molecule has 4 N–H and O–H groups in total. The molecule has 0 aliphatic heterocycles. The average molecular weight is 160 g/mol. The van der Waals surface area contributed by atoms with Gasteiger partial charge in [-0.1, -0.05) is 19.8 Å². The molecule has 0 aromatic heterocycles. The number of aliphatic hydroxyl groups excluding tert-OH is 1. The standard InChI is InChI=1S/C8H20N2O/c1-2-3-4-5-10-7-8(11)6-9/h8,10-11H,2-7,9H2,1H3. The van der Waals surface area contributed by atoms with Crippen molar-refractivity contribution in [3.63, 3.8) is 0 Å². The van der Waals surface area contributed by atoms with Gasteiger partial charge in [0.2, 0.25) is 0 Å². The molecule has 0 radical (unpaired) electrons. The number of nitrogens with one attached hydrogen (secondary N) is 1. The summed E-state index contributed by atoms with van der Waals surface area (Å²) in [5.74, 6) is 0. The van der Waals surface area contributed by atoms with Gasteiger partial charge in [-0.15, -0.1) is 0 Å². The third kappa shape index (κ3) is 7.78. The number of unbranched alkanes of at least 4 members (excludes halogenated alkanes) is 2. The lowest BCUT2D eigenvalue weighted by Gasteiger charge is -2.08. The molecular formula is C8H20N2O. The van der Waals surface area contributed by atoms with Crippen molar-refractivity contribution in [2.75, 3.05) is 19.6 Å². The van der Waals surface area contributed by atoms with Gasteiger partial charge in [0.05, 0.1) is 6.10 Å². The van der Waals surface area contributed by atoms with E-state index in [1.807, 2.05) is 0 Å². The second kappa shape index (κ2) is 7.98. The minimum atomic E-state index is -0.378. The monoisotopic (exact) mass is 160 g/mol. The second-order valence-electron chi connectivity index (χ2n) is 2.80. The van der Waals surface area contributed by atoms with Gasteiger partial charge in [-0.3, -0.25) is 0 Å². The molecule has 0 aliphatic carbocycles. The van der Waals surface area contributed by atoms with Gasteiger partial charge in [0.25, 0.3) is 0 Å². The van der Waals surface area contributed by atoms with Crippen LogP contribution in [0.3, 0.4) is 0 Å². The Kier molecular flexibility index (Phi) is 7.89. The molecule has 68 valence electrons. The molecule has 0 fully saturated rings. The molecule has 0 amide bonds. The molecule has 0 bridgehead atoms. The Morgan fingerprint density at radius 2 is 2.18 bits per heavy atom. The van der Waals surface area contributed by atoms with Crippen LogP contribution in [0.4, 0.5) is 0 Å². The molecule has 0 spiro atoms. The molecule has 3 nitrogen and oxygen atoms in total. The van der Waals surface area contributed by atoms with Crippen LogP contribution >= 0.6 is 0 Å². The molecule has 0 heterocycles. The predicted molar refractivity (Wildman–Crippen MR) is 47.5 cm³/mol. The normalized spacial score (nSPS) is 13.4. The number of hydrogen-bond donors (Lipinski definition) is 3. The Morgan fingerprint density at radius 3 is 2.73 bits per heavy atom. The maximum Gasteiger partial charge on any atom is 0.0786 e. The molecule has 0 aromatic rings. The van der Waals surface area contributed by atoms with E-state index in [0.717, 1.165) is 6.54 Å². The van der Waals surface area contributed by atoms with Crippen LogP contribution in [0.2, 0.25) is 0 Å². The minimum Gasteiger partial charge on any atom is -0.390 e. The summed E-state index contributed by atoms with van der Waals surface area (Å²) in [5.41, 5.74) is 5.22. The highest BCUT2D eigenvalue weighted by Crippen LogP contribution is 1.90. The Labute approximate surface area is 69.0 Å². The van der Waals surface area contributed by atoms with Crippen molar-refractivity contribution < 1.29 is 5.11 Å². The maximum absolute atomic E-state index is 9.03. The van der Waals surface area contributed by atoms with Crippen LogP contribution in [-0.4, -0.2) is 30.8 Å². The van der Waals surface area contributed by atoms with E-state index in [2.05, 4.69) is 12.2 Å². The summed E-state index contributed by atoms with van der Waals surface area (Å²) in [4.78, 5) is 0. The van der Waals surface area contributed by atoms with Gasteiger partial charge < -0.3 is 16.2 Å². The molecule has 0 saturated heterocycles. The van der Waals surface area contributed by atoms with Gasteiger partial charge in [0, 0.05) is 13.1 Å². The van der Waals surface area contributed by atoms with E-state index in [0.29, 0.717) is 13.1 Å². The van der Waals surface area contributed by atoms with Crippen LogP contribution in [0.25, 0.3) is 0 Å². The first-order valence-corrected chi connectivity index (χ1v) is 4.40. The Balaban J connectivity index is 2.89. The number of nitrogens with two attached hydrogens (primary N) is 1. The summed E-state index contributed by atoms with van der Waals surface area (Å²) < 4.78 is 0. The van der Waals surface area contributed by atoms with E-state index in [4.69, 9.17) is 10.8 Å². The van der Waals surface area contributed by atoms with E-state index in [-0.39, 0.29) is 6.10 Å². The Morgan fingerprint density at radius 1 is 1.45 bits per heavy atom. The first-order valence-electron chi connectivity index (χ1n) is 4.40. The number of aliphatic hydroxyl groups is 1. The highest BCUT2D eigenvalue weighted by Gasteiger charge is 1.97. The van der Waals surface area contributed by atoms with Crippen LogP contribution in [0.15, 0.2) is 0 Å². The molecular weight excluding hydrogens is 140 g/mol. The van der Waals surface area contributed by atoms with Crippen LogP contribution in [-0.2, 0) is 0 Å². The zero-order valence-electron chi connectivity index (χ0n) is 7.34. The largest absolute Gasteiger partial charge is 0.390 e. The smallest absolute Gasteiger partial charge is 0.0786 e. The predicted octanol–water partition coefficient (Wildman–Crippen LogP) is 0.0858. The van der Waals surface area contributed by atoms with E-state index >= 15 is 0 Å². The van der Waals surface area contributed by atoms with E-state index < -0.39 is 0 Å². The third-order valence-corrected chi connectivity index (χ3v) is 1.61. The van der Waals surface area contributed by atoms with Crippen molar-refractivity contribution in [1.82, 2.24) is 5.32 Å². The first kappa shape index (κ1) is 10.9. The molecule has 0 aromatic carbocycles. The van der Waals surface area contributed by atoms with Gasteiger partial charge in [-0.05, 0) is 13.0 Å². The lowest BCUT2D eigenvalue weighted by atomic mass is 10.2. The maximum atomic E-state index is 9.03. The second-order valence-corrected chi connectivity index (χ2v) is 2.80. The summed E-state index contributed by atoms with van der Waals surface area (Å²) in [6.45, 7) is 4.14. The van der Waals surface area contributed by atoms with Crippen LogP contribution in [0.5, 0.6) is 0 Å². The van der Waals surface area contributed by atoms with Crippen molar-refractivity contribution in [3.05, 3.63) is 0 Å². The van der Waals surface area contributed by atoms with Crippen molar-refractivity contribution in [1.29, 1.82) is 0 Å². The van der Waals surface area contributed by atoms with Crippen molar-refractivity contribution >= 4 is 0 Å². The minimum absolute atomic E-state index is 0.348. The number of hydrogen-bond acceptors (Lipinski definition) is 3. The molecule has 0 rings (SSSR count). The van der Waals surface area contributed by atoms with Gasteiger partial charge in [0.1, 0.15) is 0 Å². The topological polar surface area (TPSA) is 58.3 Å². The Hall–Kier alpha value is -0.120. The van der Waals surface area contributed by atoms with Crippen LogP contribution in [0.1, 0.15) is 26.2 Å². The van der Waals surface area contributed by atoms with E-state index in [1.54, 1.807) is 0 Å². The summed E-state index contributed by atoms with van der Waals surface area (Å²) >= 11 is 0. The van der Waals surface area contributed by atoms with Gasteiger partial charge in [-0.25, -0.2) is 0 Å². The average Bonchev–Trinajstić information content (AvgIpc) is 2.04. The Bertz CT molecular complexity index is 78.5. The van der Waals surface area contributed by atoms with Gasteiger partial charge in [-0.2, -0.15) is 0 Å². The van der Waals surface area contributed by atoms with Crippen molar-refractivity contribution in [2.45, 2.75) is 32.3 Å². The molecule has 1 unspecified atom stereocenters. The summed E-state index contributed by atoms with van der Waals surface area (Å²) in [5, 5.41) is 12.2. The van der Waals surface area contributed by atoms with E-state index in [9.17, 15) is 0 Å². The summed E-state index contributed by atoms with van der Waals surface area (Å²) in [6, 6.07) is 0. The van der Waals surface area contributed by atoms with Crippen LogP contribution in [0, 0.1) is 0 Å². The summed E-state index contributed by atoms with van der Waals surface area (Å²) in [6.07, 6.45) is 3.30.